The predicted molar refractivity (Wildman–Crippen MR) is 92.5 cm³/mol. The number of pyridine rings is 1. The highest BCUT2D eigenvalue weighted by molar-refractivity contribution is 6.10. The summed E-state index contributed by atoms with van der Waals surface area (Å²) in [5.74, 6) is -0.960. The van der Waals surface area contributed by atoms with E-state index >= 15 is 0 Å². The van der Waals surface area contributed by atoms with Gasteiger partial charge in [0.15, 0.2) is 0 Å². The summed E-state index contributed by atoms with van der Waals surface area (Å²) in [6.45, 7) is 4.90. The van der Waals surface area contributed by atoms with Crippen LogP contribution in [0.25, 0.3) is 0 Å². The van der Waals surface area contributed by atoms with Crippen LogP contribution in [0.5, 0.6) is 0 Å². The summed E-state index contributed by atoms with van der Waals surface area (Å²) in [6, 6.07) is 11.5. The lowest BCUT2D eigenvalue weighted by Crippen LogP contribution is -2.37. The zero-order valence-corrected chi connectivity index (χ0v) is 14.0. The Morgan fingerprint density at radius 2 is 1.96 bits per heavy atom. The molecule has 0 aliphatic carbocycles. The van der Waals surface area contributed by atoms with E-state index in [0.717, 1.165) is 22.5 Å². The third-order valence-corrected chi connectivity index (χ3v) is 4.40. The van der Waals surface area contributed by atoms with Gasteiger partial charge in [0.25, 0.3) is 0 Å². The molecule has 2 amide bonds. The molecule has 1 aliphatic rings. The molecule has 0 spiro atoms. The average molecular weight is 323 g/mol. The van der Waals surface area contributed by atoms with Crippen LogP contribution in [-0.2, 0) is 16.1 Å². The number of hydrogen-bond donors (Lipinski definition) is 1. The van der Waals surface area contributed by atoms with Gasteiger partial charge in [-0.15, -0.1) is 0 Å². The van der Waals surface area contributed by atoms with E-state index in [1.54, 1.807) is 11.1 Å². The molecule has 1 aromatic heterocycles. The molecule has 2 aromatic rings. The number of aryl methyl sites for hydroxylation is 2. The quantitative estimate of drug-likeness (QED) is 0.879. The first kappa shape index (κ1) is 16.2. The second-order valence-corrected chi connectivity index (χ2v) is 6.11. The summed E-state index contributed by atoms with van der Waals surface area (Å²) in [6.07, 6.45) is 2.23. The molecular weight excluding hydrogens is 302 g/mol. The van der Waals surface area contributed by atoms with E-state index in [2.05, 4.69) is 10.3 Å². The molecule has 124 valence electrons. The van der Waals surface area contributed by atoms with Gasteiger partial charge in [-0.3, -0.25) is 14.6 Å². The summed E-state index contributed by atoms with van der Waals surface area (Å²) >= 11 is 0. The molecule has 5 heteroatoms. The van der Waals surface area contributed by atoms with Crippen LogP contribution < -0.4 is 10.2 Å². The molecule has 1 aromatic carbocycles. The summed E-state index contributed by atoms with van der Waals surface area (Å²) in [7, 11) is 0. The molecule has 1 fully saturated rings. The molecule has 0 unspecified atom stereocenters. The summed E-state index contributed by atoms with van der Waals surface area (Å²) in [4.78, 5) is 31.0. The van der Waals surface area contributed by atoms with E-state index in [9.17, 15) is 9.59 Å². The number of nitrogens with zero attached hydrogens (tertiary/aromatic N) is 2. The van der Waals surface area contributed by atoms with Gasteiger partial charge in [-0.05, 0) is 43.5 Å². The fraction of sp³-hybridized carbons (Fsp3) is 0.316. The van der Waals surface area contributed by atoms with E-state index in [-0.39, 0.29) is 11.8 Å². The van der Waals surface area contributed by atoms with Crippen molar-refractivity contribution in [3.63, 3.8) is 0 Å². The first-order valence-corrected chi connectivity index (χ1v) is 8.13. The van der Waals surface area contributed by atoms with Crippen molar-refractivity contribution in [2.24, 2.45) is 5.92 Å². The molecule has 0 radical (unpaired) electrons. The van der Waals surface area contributed by atoms with Gasteiger partial charge in [0.05, 0.1) is 12.2 Å². The van der Waals surface area contributed by atoms with E-state index in [1.165, 1.54) is 0 Å². The van der Waals surface area contributed by atoms with Crippen molar-refractivity contribution >= 4 is 17.5 Å². The number of aromatic nitrogens is 1. The Morgan fingerprint density at radius 3 is 2.62 bits per heavy atom. The fourth-order valence-electron chi connectivity index (χ4n) is 3.18. The van der Waals surface area contributed by atoms with E-state index in [4.69, 9.17) is 0 Å². The number of amides is 2. The summed E-state index contributed by atoms with van der Waals surface area (Å²) in [5, 5.41) is 2.82. The van der Waals surface area contributed by atoms with Crippen LogP contribution in [0.3, 0.4) is 0 Å². The van der Waals surface area contributed by atoms with Crippen molar-refractivity contribution < 1.29 is 9.59 Å². The van der Waals surface area contributed by atoms with Gasteiger partial charge in [0.1, 0.15) is 5.92 Å². The van der Waals surface area contributed by atoms with Crippen LogP contribution in [0.4, 0.5) is 5.69 Å². The summed E-state index contributed by atoms with van der Waals surface area (Å²) < 4.78 is 0. The zero-order valence-electron chi connectivity index (χ0n) is 14.0. The lowest BCUT2D eigenvalue weighted by atomic mass is 10.1. The lowest BCUT2D eigenvalue weighted by Gasteiger charge is -2.21. The number of rotatable bonds is 4. The normalized spacial score (nSPS) is 17.2. The minimum absolute atomic E-state index is 0.120. The van der Waals surface area contributed by atoms with Crippen molar-refractivity contribution in [1.82, 2.24) is 10.3 Å². The first-order valence-electron chi connectivity index (χ1n) is 8.13. The number of anilines is 1. The van der Waals surface area contributed by atoms with Gasteiger partial charge < -0.3 is 10.2 Å². The third-order valence-electron chi connectivity index (χ3n) is 4.40. The minimum Gasteiger partial charge on any atom is -0.350 e. The summed E-state index contributed by atoms with van der Waals surface area (Å²) in [5.41, 5.74) is 3.82. The highest BCUT2D eigenvalue weighted by atomic mass is 16.2. The predicted octanol–water partition coefficient (Wildman–Crippen LogP) is 2.37. The smallest absolute Gasteiger partial charge is 0.239 e. The van der Waals surface area contributed by atoms with Crippen molar-refractivity contribution in [2.45, 2.75) is 26.8 Å². The van der Waals surface area contributed by atoms with Gasteiger partial charge in [0, 0.05) is 18.4 Å². The van der Waals surface area contributed by atoms with Crippen LogP contribution in [0.15, 0.2) is 42.6 Å². The van der Waals surface area contributed by atoms with Gasteiger partial charge >= 0.3 is 0 Å². The average Bonchev–Trinajstić information content (AvgIpc) is 2.95. The second-order valence-electron chi connectivity index (χ2n) is 6.11. The Balaban J connectivity index is 1.69. The molecule has 1 atom stereocenters. The largest absolute Gasteiger partial charge is 0.350 e. The Morgan fingerprint density at radius 1 is 1.21 bits per heavy atom. The number of benzene rings is 1. The molecule has 1 saturated heterocycles. The fourth-order valence-corrected chi connectivity index (χ4v) is 3.18. The molecule has 1 aliphatic heterocycles. The Bertz CT molecular complexity index is 738. The molecule has 1 N–H and O–H groups in total. The zero-order chi connectivity index (χ0) is 17.1. The Kier molecular flexibility index (Phi) is 4.60. The maximum Gasteiger partial charge on any atom is 0.239 e. The maximum atomic E-state index is 12.7. The number of carbonyl (C=O) groups excluding carboxylic acids is 2. The molecule has 0 bridgehead atoms. The van der Waals surface area contributed by atoms with Gasteiger partial charge in [-0.1, -0.05) is 24.3 Å². The Labute approximate surface area is 141 Å². The molecular formula is C19H21N3O2. The molecule has 0 saturated carbocycles. The highest BCUT2D eigenvalue weighted by Gasteiger charge is 2.38. The van der Waals surface area contributed by atoms with Crippen LogP contribution in [0.1, 0.15) is 23.2 Å². The minimum atomic E-state index is -0.618. The molecule has 24 heavy (non-hydrogen) atoms. The lowest BCUT2D eigenvalue weighted by molar-refractivity contribution is -0.132. The van der Waals surface area contributed by atoms with Crippen LogP contribution >= 0.6 is 0 Å². The number of hydrogen-bond acceptors (Lipinski definition) is 3. The van der Waals surface area contributed by atoms with Gasteiger partial charge in [0.2, 0.25) is 11.8 Å². The number of carbonyl (C=O) groups is 2. The molecule has 3 rings (SSSR count). The van der Waals surface area contributed by atoms with E-state index in [1.807, 2.05) is 50.2 Å². The van der Waals surface area contributed by atoms with Gasteiger partial charge in [-0.25, -0.2) is 0 Å². The monoisotopic (exact) mass is 323 g/mol. The third kappa shape index (κ3) is 3.15. The number of para-hydroxylation sites is 1. The Hall–Kier alpha value is -2.69. The van der Waals surface area contributed by atoms with Crippen LogP contribution in [0.2, 0.25) is 0 Å². The van der Waals surface area contributed by atoms with Gasteiger partial charge in [-0.2, -0.15) is 0 Å². The SMILES string of the molecule is Cc1cccc(C)c1N1CC[C@@H](C(=O)NCc2ccccn2)C1=O. The van der Waals surface area contributed by atoms with Crippen LogP contribution in [-0.4, -0.2) is 23.3 Å². The van der Waals surface area contributed by atoms with E-state index in [0.29, 0.717) is 19.5 Å². The van der Waals surface area contributed by atoms with Crippen LogP contribution in [0, 0.1) is 19.8 Å². The maximum absolute atomic E-state index is 12.7. The molecule has 2 heterocycles. The van der Waals surface area contributed by atoms with Crippen molar-refractivity contribution in [1.29, 1.82) is 0 Å². The highest BCUT2D eigenvalue weighted by Crippen LogP contribution is 2.30. The topological polar surface area (TPSA) is 62.3 Å². The van der Waals surface area contributed by atoms with Crippen molar-refractivity contribution in [3.05, 3.63) is 59.4 Å². The standard InChI is InChI=1S/C19H21N3O2/c1-13-6-5-7-14(2)17(13)22-11-9-16(19(22)24)18(23)21-12-15-8-3-4-10-20-15/h3-8,10,16H,9,11-12H2,1-2H3,(H,21,23)/t16-/m0/s1. The second kappa shape index (κ2) is 6.83. The van der Waals surface area contributed by atoms with Crippen molar-refractivity contribution in [2.75, 3.05) is 11.4 Å². The number of nitrogens with one attached hydrogen (secondary N) is 1. The van der Waals surface area contributed by atoms with E-state index < -0.39 is 5.92 Å². The molecule has 5 nitrogen and oxygen atoms in total. The first-order chi connectivity index (χ1) is 11.6. The van der Waals surface area contributed by atoms with Crippen molar-refractivity contribution in [3.8, 4) is 0 Å².